The summed E-state index contributed by atoms with van der Waals surface area (Å²) in [4.78, 5) is 12.6. The van der Waals surface area contributed by atoms with Crippen LogP contribution in [0.1, 0.15) is 36.0 Å². The van der Waals surface area contributed by atoms with E-state index in [4.69, 9.17) is 5.73 Å². The Morgan fingerprint density at radius 2 is 1.85 bits per heavy atom. The van der Waals surface area contributed by atoms with E-state index in [2.05, 4.69) is 4.74 Å². The fourth-order valence-electron chi connectivity index (χ4n) is 2.73. The number of halogens is 3. The molecule has 1 saturated carbocycles. The summed E-state index contributed by atoms with van der Waals surface area (Å²) in [5.74, 6) is -0.804. The Kier molecular flexibility index (Phi) is 4.04. The number of para-hydroxylation sites is 1. The number of ketones is 1. The third-order valence-electron chi connectivity index (χ3n) is 3.79. The molecule has 6 heteroatoms. The van der Waals surface area contributed by atoms with E-state index in [1.165, 1.54) is 18.2 Å². The van der Waals surface area contributed by atoms with Crippen LogP contribution in [-0.2, 0) is 0 Å². The molecule has 2 rings (SSSR count). The smallest absolute Gasteiger partial charge is 0.405 e. The van der Waals surface area contributed by atoms with Crippen LogP contribution in [0.5, 0.6) is 5.75 Å². The highest BCUT2D eigenvalue weighted by molar-refractivity contribution is 6.03. The Labute approximate surface area is 114 Å². The SMILES string of the molecule is NCC1(C(=O)c2ccccc2OC(F)(F)F)CCCC1. The molecular formula is C14H16F3NO2. The quantitative estimate of drug-likeness (QED) is 0.865. The minimum atomic E-state index is -4.82. The van der Waals surface area contributed by atoms with Crippen molar-refractivity contribution < 1.29 is 22.7 Å². The van der Waals surface area contributed by atoms with Crippen molar-refractivity contribution in [2.24, 2.45) is 11.1 Å². The summed E-state index contributed by atoms with van der Waals surface area (Å²) in [7, 11) is 0. The van der Waals surface area contributed by atoms with Crippen LogP contribution in [-0.4, -0.2) is 18.7 Å². The maximum absolute atomic E-state index is 12.6. The molecule has 1 aliphatic carbocycles. The average molecular weight is 287 g/mol. The number of hydrogen-bond acceptors (Lipinski definition) is 3. The second-order valence-corrected chi connectivity index (χ2v) is 5.06. The van der Waals surface area contributed by atoms with Crippen molar-refractivity contribution in [3.63, 3.8) is 0 Å². The van der Waals surface area contributed by atoms with E-state index in [0.717, 1.165) is 18.9 Å². The minimum Gasteiger partial charge on any atom is -0.405 e. The molecule has 0 spiro atoms. The summed E-state index contributed by atoms with van der Waals surface area (Å²) in [6, 6.07) is 5.44. The first-order valence-corrected chi connectivity index (χ1v) is 6.48. The lowest BCUT2D eigenvalue weighted by Gasteiger charge is -2.26. The summed E-state index contributed by atoms with van der Waals surface area (Å²) < 4.78 is 41.1. The van der Waals surface area contributed by atoms with Gasteiger partial charge in [-0.1, -0.05) is 25.0 Å². The summed E-state index contributed by atoms with van der Waals surface area (Å²) in [5, 5.41) is 0. The summed E-state index contributed by atoms with van der Waals surface area (Å²) in [6.45, 7) is 0.145. The average Bonchev–Trinajstić information content (AvgIpc) is 2.86. The highest BCUT2D eigenvalue weighted by Gasteiger charge is 2.42. The molecule has 20 heavy (non-hydrogen) atoms. The zero-order chi connectivity index (χ0) is 14.8. The van der Waals surface area contributed by atoms with E-state index in [1.807, 2.05) is 0 Å². The topological polar surface area (TPSA) is 52.3 Å². The molecule has 0 heterocycles. The first-order valence-electron chi connectivity index (χ1n) is 6.48. The molecule has 0 bridgehead atoms. The standard InChI is InChI=1S/C14H16F3NO2/c15-14(16,17)20-11-6-2-1-5-10(11)12(19)13(9-18)7-3-4-8-13/h1-2,5-6H,3-4,7-9,18H2. The Morgan fingerprint density at radius 1 is 1.25 bits per heavy atom. The van der Waals surface area contributed by atoms with E-state index >= 15 is 0 Å². The van der Waals surface area contributed by atoms with Gasteiger partial charge in [-0.05, 0) is 25.0 Å². The van der Waals surface area contributed by atoms with Gasteiger partial charge in [-0.25, -0.2) is 0 Å². The summed E-state index contributed by atoms with van der Waals surface area (Å²) in [5.41, 5.74) is 4.91. The van der Waals surface area contributed by atoms with Crippen molar-refractivity contribution in [2.75, 3.05) is 6.54 Å². The van der Waals surface area contributed by atoms with Crippen molar-refractivity contribution in [3.8, 4) is 5.75 Å². The molecule has 110 valence electrons. The number of alkyl halides is 3. The second kappa shape index (κ2) is 5.44. The van der Waals surface area contributed by atoms with Crippen LogP contribution < -0.4 is 10.5 Å². The maximum Gasteiger partial charge on any atom is 0.573 e. The van der Waals surface area contributed by atoms with Gasteiger partial charge >= 0.3 is 6.36 Å². The number of rotatable bonds is 4. The molecule has 3 nitrogen and oxygen atoms in total. The van der Waals surface area contributed by atoms with E-state index in [9.17, 15) is 18.0 Å². The lowest BCUT2D eigenvalue weighted by atomic mass is 9.78. The Bertz CT molecular complexity index is 493. The molecule has 0 aliphatic heterocycles. The van der Waals surface area contributed by atoms with Gasteiger partial charge in [0.05, 0.1) is 5.56 Å². The highest BCUT2D eigenvalue weighted by atomic mass is 19.4. The van der Waals surface area contributed by atoms with Gasteiger partial charge in [-0.15, -0.1) is 13.2 Å². The predicted octanol–water partition coefficient (Wildman–Crippen LogP) is 3.29. The fourth-order valence-corrected chi connectivity index (χ4v) is 2.73. The lowest BCUT2D eigenvalue weighted by molar-refractivity contribution is -0.274. The molecule has 0 amide bonds. The van der Waals surface area contributed by atoms with E-state index in [1.54, 1.807) is 0 Å². The number of Topliss-reactive ketones (excluding diaryl/α,β-unsaturated/α-hetero) is 1. The van der Waals surface area contributed by atoms with E-state index in [-0.39, 0.29) is 17.9 Å². The van der Waals surface area contributed by atoms with Gasteiger partial charge in [0.25, 0.3) is 0 Å². The van der Waals surface area contributed by atoms with Crippen LogP contribution in [0.2, 0.25) is 0 Å². The minimum absolute atomic E-state index is 0.0443. The lowest BCUT2D eigenvalue weighted by Crippen LogP contribution is -2.36. The van der Waals surface area contributed by atoms with Crippen LogP contribution in [0.15, 0.2) is 24.3 Å². The number of hydrogen-bond donors (Lipinski definition) is 1. The first-order chi connectivity index (χ1) is 9.38. The number of benzene rings is 1. The molecular weight excluding hydrogens is 271 g/mol. The van der Waals surface area contributed by atoms with Gasteiger partial charge in [0.1, 0.15) is 5.75 Å². The molecule has 1 aromatic carbocycles. The number of carbonyl (C=O) groups excluding carboxylic acids is 1. The summed E-state index contributed by atoms with van der Waals surface area (Å²) >= 11 is 0. The molecule has 0 radical (unpaired) electrons. The van der Waals surface area contributed by atoms with Gasteiger partial charge in [-0.3, -0.25) is 4.79 Å². The Hall–Kier alpha value is -1.56. The highest BCUT2D eigenvalue weighted by Crippen LogP contribution is 2.42. The van der Waals surface area contributed by atoms with Crippen LogP contribution in [0.25, 0.3) is 0 Å². The summed E-state index contributed by atoms with van der Waals surface area (Å²) in [6.07, 6.45) is -1.86. The molecule has 2 N–H and O–H groups in total. The third kappa shape index (κ3) is 2.95. The first kappa shape index (κ1) is 14.8. The largest absolute Gasteiger partial charge is 0.573 e. The normalized spacial score (nSPS) is 18.0. The number of nitrogens with two attached hydrogens (primary N) is 1. The van der Waals surface area contributed by atoms with Gasteiger partial charge in [0, 0.05) is 12.0 Å². The number of carbonyl (C=O) groups is 1. The van der Waals surface area contributed by atoms with Gasteiger partial charge in [0.15, 0.2) is 5.78 Å². The van der Waals surface area contributed by atoms with Crippen molar-refractivity contribution >= 4 is 5.78 Å². The molecule has 0 unspecified atom stereocenters. The Balaban J connectivity index is 2.35. The Morgan fingerprint density at radius 3 is 2.40 bits per heavy atom. The molecule has 0 saturated heterocycles. The van der Waals surface area contributed by atoms with Gasteiger partial charge in [0.2, 0.25) is 0 Å². The second-order valence-electron chi connectivity index (χ2n) is 5.06. The molecule has 1 aromatic rings. The van der Waals surface area contributed by atoms with Crippen molar-refractivity contribution in [3.05, 3.63) is 29.8 Å². The molecule has 0 aromatic heterocycles. The maximum atomic E-state index is 12.6. The van der Waals surface area contributed by atoms with Crippen molar-refractivity contribution in [2.45, 2.75) is 32.0 Å². The number of ether oxygens (including phenoxy) is 1. The molecule has 0 atom stereocenters. The van der Waals surface area contributed by atoms with Crippen LogP contribution >= 0.6 is 0 Å². The van der Waals surface area contributed by atoms with Crippen LogP contribution in [0.3, 0.4) is 0 Å². The van der Waals surface area contributed by atoms with Crippen molar-refractivity contribution in [1.82, 2.24) is 0 Å². The van der Waals surface area contributed by atoms with E-state index in [0.29, 0.717) is 12.8 Å². The molecule has 1 fully saturated rings. The molecule has 1 aliphatic rings. The van der Waals surface area contributed by atoms with E-state index < -0.39 is 17.5 Å². The third-order valence-corrected chi connectivity index (χ3v) is 3.79. The monoisotopic (exact) mass is 287 g/mol. The fraction of sp³-hybridized carbons (Fsp3) is 0.500. The van der Waals surface area contributed by atoms with Gasteiger partial charge in [-0.2, -0.15) is 0 Å². The van der Waals surface area contributed by atoms with Crippen LogP contribution in [0.4, 0.5) is 13.2 Å². The zero-order valence-corrected chi connectivity index (χ0v) is 10.9. The van der Waals surface area contributed by atoms with Crippen LogP contribution in [0, 0.1) is 5.41 Å². The zero-order valence-electron chi connectivity index (χ0n) is 10.9. The van der Waals surface area contributed by atoms with Crippen molar-refractivity contribution in [1.29, 1.82) is 0 Å². The predicted molar refractivity (Wildman–Crippen MR) is 67.4 cm³/mol. The van der Waals surface area contributed by atoms with Gasteiger partial charge < -0.3 is 10.5 Å².